The standard InChI is InChI=1S/C13H25N3O4/c1-3-16(11(2)10-12(17)18)13(19)14-4-5-15-6-8-20-9-7-15/h11H,3-10H2,1-2H3,(H,14,19)(H,17,18). The zero-order chi connectivity index (χ0) is 15.0. The first kappa shape index (κ1) is 16.7. The Hall–Kier alpha value is -1.34. The molecule has 0 bridgehead atoms. The van der Waals surface area contributed by atoms with E-state index >= 15 is 0 Å². The van der Waals surface area contributed by atoms with E-state index in [1.54, 1.807) is 11.8 Å². The summed E-state index contributed by atoms with van der Waals surface area (Å²) >= 11 is 0. The van der Waals surface area contributed by atoms with Crippen LogP contribution in [0.1, 0.15) is 20.3 Å². The Labute approximate surface area is 119 Å². The third kappa shape index (κ3) is 5.75. The third-order valence-corrected chi connectivity index (χ3v) is 3.41. The molecule has 1 aliphatic heterocycles. The van der Waals surface area contributed by atoms with Gasteiger partial charge in [-0.1, -0.05) is 0 Å². The minimum absolute atomic E-state index is 0.0370. The second kappa shape index (κ2) is 8.76. The summed E-state index contributed by atoms with van der Waals surface area (Å²) in [7, 11) is 0. The fourth-order valence-electron chi connectivity index (χ4n) is 2.27. The highest BCUT2D eigenvalue weighted by atomic mass is 16.5. The van der Waals surface area contributed by atoms with Crippen LogP contribution in [0.4, 0.5) is 4.79 Å². The van der Waals surface area contributed by atoms with Crippen molar-refractivity contribution < 1.29 is 19.4 Å². The van der Waals surface area contributed by atoms with Crippen LogP contribution in [0.2, 0.25) is 0 Å². The predicted molar refractivity (Wildman–Crippen MR) is 74.8 cm³/mol. The maximum atomic E-state index is 12.0. The first-order valence-corrected chi connectivity index (χ1v) is 7.11. The lowest BCUT2D eigenvalue weighted by Crippen LogP contribution is -2.48. The topological polar surface area (TPSA) is 82.1 Å². The first-order chi connectivity index (χ1) is 9.54. The largest absolute Gasteiger partial charge is 0.481 e. The van der Waals surface area contributed by atoms with Gasteiger partial charge in [-0.2, -0.15) is 0 Å². The number of amides is 2. The van der Waals surface area contributed by atoms with Gasteiger partial charge < -0.3 is 20.1 Å². The highest BCUT2D eigenvalue weighted by Crippen LogP contribution is 2.04. The van der Waals surface area contributed by atoms with Gasteiger partial charge in [0.15, 0.2) is 0 Å². The van der Waals surface area contributed by atoms with E-state index in [0.29, 0.717) is 13.1 Å². The number of ether oxygens (including phenoxy) is 1. The molecule has 0 aliphatic carbocycles. The van der Waals surface area contributed by atoms with Gasteiger partial charge in [0, 0.05) is 38.8 Å². The van der Waals surface area contributed by atoms with Crippen molar-refractivity contribution in [3.8, 4) is 0 Å². The summed E-state index contributed by atoms with van der Waals surface area (Å²) in [5, 5.41) is 11.6. The van der Waals surface area contributed by atoms with Crippen molar-refractivity contribution in [2.75, 3.05) is 45.9 Å². The Morgan fingerprint density at radius 3 is 2.60 bits per heavy atom. The zero-order valence-corrected chi connectivity index (χ0v) is 12.3. The van der Waals surface area contributed by atoms with E-state index in [4.69, 9.17) is 9.84 Å². The molecule has 0 spiro atoms. The van der Waals surface area contributed by atoms with Gasteiger partial charge in [0.25, 0.3) is 0 Å². The number of morpholine rings is 1. The molecule has 1 atom stereocenters. The number of hydrogen-bond donors (Lipinski definition) is 2. The van der Waals surface area contributed by atoms with Crippen LogP contribution in [0.15, 0.2) is 0 Å². The molecule has 2 amide bonds. The average Bonchev–Trinajstić information content (AvgIpc) is 2.40. The van der Waals surface area contributed by atoms with Gasteiger partial charge in [0.2, 0.25) is 0 Å². The molecule has 0 aromatic carbocycles. The highest BCUT2D eigenvalue weighted by molar-refractivity contribution is 5.75. The Morgan fingerprint density at radius 2 is 2.05 bits per heavy atom. The van der Waals surface area contributed by atoms with Crippen molar-refractivity contribution in [2.45, 2.75) is 26.3 Å². The molecule has 0 aromatic rings. The molecule has 116 valence electrons. The Kier molecular flexibility index (Phi) is 7.32. The highest BCUT2D eigenvalue weighted by Gasteiger charge is 2.20. The molecule has 1 unspecified atom stereocenters. The first-order valence-electron chi connectivity index (χ1n) is 7.11. The minimum Gasteiger partial charge on any atom is -0.481 e. The van der Waals surface area contributed by atoms with Crippen molar-refractivity contribution >= 4 is 12.0 Å². The smallest absolute Gasteiger partial charge is 0.317 e. The maximum absolute atomic E-state index is 12.0. The summed E-state index contributed by atoms with van der Waals surface area (Å²) < 4.78 is 5.26. The number of hydrogen-bond acceptors (Lipinski definition) is 4. The fourth-order valence-corrected chi connectivity index (χ4v) is 2.27. The summed E-state index contributed by atoms with van der Waals surface area (Å²) in [6, 6.07) is -0.504. The van der Waals surface area contributed by atoms with Crippen molar-refractivity contribution in [3.63, 3.8) is 0 Å². The number of carbonyl (C=O) groups excluding carboxylic acids is 1. The molecule has 0 saturated carbocycles. The van der Waals surface area contributed by atoms with Gasteiger partial charge in [-0.15, -0.1) is 0 Å². The number of carboxylic acids is 1. The molecule has 0 radical (unpaired) electrons. The fraction of sp³-hybridized carbons (Fsp3) is 0.846. The number of carbonyl (C=O) groups is 2. The van der Waals surface area contributed by atoms with Gasteiger partial charge >= 0.3 is 12.0 Å². The molecule has 0 aromatic heterocycles. The zero-order valence-electron chi connectivity index (χ0n) is 12.3. The Morgan fingerprint density at radius 1 is 1.40 bits per heavy atom. The van der Waals surface area contributed by atoms with Gasteiger partial charge in [0.05, 0.1) is 19.6 Å². The molecule has 2 N–H and O–H groups in total. The van der Waals surface area contributed by atoms with Crippen LogP contribution in [0, 0.1) is 0 Å². The van der Waals surface area contributed by atoms with Gasteiger partial charge in [-0.05, 0) is 13.8 Å². The molecule has 20 heavy (non-hydrogen) atoms. The van der Waals surface area contributed by atoms with E-state index in [1.807, 2.05) is 6.92 Å². The van der Waals surface area contributed by atoms with Gasteiger partial charge in [-0.3, -0.25) is 9.69 Å². The van der Waals surface area contributed by atoms with E-state index < -0.39 is 5.97 Å². The minimum atomic E-state index is -0.892. The van der Waals surface area contributed by atoms with Crippen LogP contribution in [0.3, 0.4) is 0 Å². The molecule has 7 nitrogen and oxygen atoms in total. The Balaban J connectivity index is 2.29. The van der Waals surface area contributed by atoms with E-state index in [0.717, 1.165) is 32.8 Å². The summed E-state index contributed by atoms with van der Waals surface area (Å²) in [5.74, 6) is -0.892. The van der Waals surface area contributed by atoms with E-state index in [1.165, 1.54) is 0 Å². The summed E-state index contributed by atoms with van der Waals surface area (Å²) in [4.78, 5) is 26.5. The molecular formula is C13H25N3O4. The van der Waals surface area contributed by atoms with E-state index in [-0.39, 0.29) is 18.5 Å². The summed E-state index contributed by atoms with van der Waals surface area (Å²) in [5.41, 5.74) is 0. The van der Waals surface area contributed by atoms with Crippen molar-refractivity contribution in [2.24, 2.45) is 0 Å². The van der Waals surface area contributed by atoms with Crippen LogP contribution in [-0.2, 0) is 9.53 Å². The summed E-state index contributed by atoms with van der Waals surface area (Å²) in [6.45, 7) is 8.72. The molecule has 7 heteroatoms. The van der Waals surface area contributed by atoms with Crippen molar-refractivity contribution in [1.82, 2.24) is 15.1 Å². The quantitative estimate of drug-likeness (QED) is 0.699. The number of nitrogens with one attached hydrogen (secondary N) is 1. The van der Waals surface area contributed by atoms with Gasteiger partial charge in [0.1, 0.15) is 0 Å². The average molecular weight is 287 g/mol. The number of aliphatic carboxylic acids is 1. The lowest BCUT2D eigenvalue weighted by Gasteiger charge is -2.29. The molecule has 1 saturated heterocycles. The van der Waals surface area contributed by atoms with Crippen LogP contribution in [0.5, 0.6) is 0 Å². The van der Waals surface area contributed by atoms with Crippen LogP contribution in [0.25, 0.3) is 0 Å². The van der Waals surface area contributed by atoms with Crippen LogP contribution in [-0.4, -0.2) is 78.9 Å². The number of urea groups is 1. The molecular weight excluding hydrogens is 262 g/mol. The number of carboxylic acid groups (broad SMARTS) is 1. The van der Waals surface area contributed by atoms with E-state index in [2.05, 4.69) is 10.2 Å². The third-order valence-electron chi connectivity index (χ3n) is 3.41. The van der Waals surface area contributed by atoms with Crippen molar-refractivity contribution in [3.05, 3.63) is 0 Å². The molecule has 1 aliphatic rings. The second-order valence-electron chi connectivity index (χ2n) is 4.92. The SMILES string of the molecule is CCN(C(=O)NCCN1CCOCC1)C(C)CC(=O)O. The summed E-state index contributed by atoms with van der Waals surface area (Å²) in [6.07, 6.45) is -0.0370. The predicted octanol–water partition coefficient (Wildman–Crippen LogP) is 0.213. The maximum Gasteiger partial charge on any atom is 0.317 e. The van der Waals surface area contributed by atoms with E-state index in [9.17, 15) is 9.59 Å². The molecule has 1 rings (SSSR count). The van der Waals surface area contributed by atoms with Crippen LogP contribution >= 0.6 is 0 Å². The Bertz CT molecular complexity index is 319. The number of rotatable bonds is 7. The molecule has 1 heterocycles. The lowest BCUT2D eigenvalue weighted by molar-refractivity contribution is -0.138. The lowest BCUT2D eigenvalue weighted by atomic mass is 10.2. The van der Waals surface area contributed by atoms with Gasteiger partial charge in [-0.25, -0.2) is 4.79 Å². The second-order valence-corrected chi connectivity index (χ2v) is 4.92. The molecule has 1 fully saturated rings. The van der Waals surface area contributed by atoms with Crippen molar-refractivity contribution in [1.29, 1.82) is 0 Å². The normalized spacial score (nSPS) is 17.5. The monoisotopic (exact) mass is 287 g/mol. The number of nitrogens with zero attached hydrogens (tertiary/aromatic N) is 2. The van der Waals surface area contributed by atoms with Crippen LogP contribution < -0.4 is 5.32 Å².